The third-order valence-corrected chi connectivity index (χ3v) is 5.74. The maximum Gasteiger partial charge on any atom is 0.213 e. The number of aliphatic imine (C=N–C) groups is 1. The van der Waals surface area contributed by atoms with Crippen LogP contribution in [-0.2, 0) is 10.0 Å². The molecule has 2 rings (SSSR count). The maximum atomic E-state index is 11.6. The van der Waals surface area contributed by atoms with Gasteiger partial charge in [0.2, 0.25) is 10.0 Å². The van der Waals surface area contributed by atoms with E-state index in [9.17, 15) is 8.42 Å². The predicted molar refractivity (Wildman–Crippen MR) is 108 cm³/mol. The standard InChI is InChI=1S/C14H21ClN4O3S.HI/c1-3-23(20,21)19-8-10(9-19)7-17-14(16)18-11-4-5-13(22-2)12(15)6-11;/h4-6,10H,3,7-9H2,1-2H3,(H3,16,17,18);1H. The molecule has 1 aliphatic heterocycles. The average Bonchev–Trinajstić information content (AvgIpc) is 2.45. The second-order valence-electron chi connectivity index (χ2n) is 5.28. The van der Waals surface area contributed by atoms with Gasteiger partial charge in [-0.1, -0.05) is 11.6 Å². The van der Waals surface area contributed by atoms with Gasteiger partial charge in [0.1, 0.15) is 5.75 Å². The van der Waals surface area contributed by atoms with Crippen LogP contribution in [0.15, 0.2) is 23.2 Å². The Bertz CT molecular complexity index is 693. The van der Waals surface area contributed by atoms with Crippen molar-refractivity contribution in [1.29, 1.82) is 0 Å². The molecule has 0 amide bonds. The molecule has 1 aromatic carbocycles. The molecule has 7 nitrogen and oxygen atoms in total. The quantitative estimate of drug-likeness (QED) is 0.363. The fraction of sp³-hybridized carbons (Fsp3) is 0.500. The highest BCUT2D eigenvalue weighted by Crippen LogP contribution is 2.27. The van der Waals surface area contributed by atoms with Crippen molar-refractivity contribution in [3.8, 4) is 5.75 Å². The number of benzene rings is 1. The molecule has 136 valence electrons. The zero-order valence-electron chi connectivity index (χ0n) is 13.5. The summed E-state index contributed by atoms with van der Waals surface area (Å²) in [5.41, 5.74) is 6.54. The second kappa shape index (κ2) is 9.07. The van der Waals surface area contributed by atoms with E-state index < -0.39 is 10.0 Å². The Morgan fingerprint density at radius 1 is 1.50 bits per heavy atom. The van der Waals surface area contributed by atoms with Crippen LogP contribution in [0.25, 0.3) is 0 Å². The monoisotopic (exact) mass is 488 g/mol. The van der Waals surface area contributed by atoms with Crippen molar-refractivity contribution in [2.24, 2.45) is 16.6 Å². The molecule has 0 saturated carbocycles. The Kier molecular flexibility index (Phi) is 8.03. The van der Waals surface area contributed by atoms with Crippen LogP contribution >= 0.6 is 35.6 Å². The lowest BCUT2D eigenvalue weighted by Crippen LogP contribution is -2.51. The number of guanidine groups is 1. The van der Waals surface area contributed by atoms with Gasteiger partial charge >= 0.3 is 0 Å². The number of methoxy groups -OCH3 is 1. The van der Waals surface area contributed by atoms with Crippen LogP contribution in [0.4, 0.5) is 5.69 Å². The Balaban J connectivity index is 0.00000288. The number of anilines is 1. The molecule has 1 fully saturated rings. The molecule has 1 heterocycles. The summed E-state index contributed by atoms with van der Waals surface area (Å²) in [7, 11) is -1.54. The highest BCUT2D eigenvalue weighted by Gasteiger charge is 2.34. The average molecular weight is 489 g/mol. The lowest BCUT2D eigenvalue weighted by atomic mass is 10.0. The van der Waals surface area contributed by atoms with Gasteiger partial charge in [-0.05, 0) is 25.1 Å². The molecule has 0 bridgehead atoms. The van der Waals surface area contributed by atoms with Gasteiger partial charge in [0.05, 0.1) is 17.9 Å². The smallest absolute Gasteiger partial charge is 0.213 e. The second-order valence-corrected chi connectivity index (χ2v) is 7.95. The summed E-state index contributed by atoms with van der Waals surface area (Å²) in [6.45, 7) is 3.13. The molecule has 0 atom stereocenters. The van der Waals surface area contributed by atoms with Crippen molar-refractivity contribution < 1.29 is 13.2 Å². The highest BCUT2D eigenvalue weighted by atomic mass is 127. The minimum atomic E-state index is -3.08. The maximum absolute atomic E-state index is 11.6. The molecule has 24 heavy (non-hydrogen) atoms. The largest absolute Gasteiger partial charge is 0.495 e. The predicted octanol–water partition coefficient (Wildman–Crippen LogP) is 1.97. The SMILES string of the molecule is CCS(=O)(=O)N1CC(CN=C(N)Nc2ccc(OC)c(Cl)c2)C1.I. The van der Waals surface area contributed by atoms with Crippen molar-refractivity contribution in [3.63, 3.8) is 0 Å². The number of nitrogens with two attached hydrogens (primary N) is 1. The zero-order chi connectivity index (χ0) is 17.0. The number of halogens is 2. The number of nitrogens with zero attached hydrogens (tertiary/aromatic N) is 2. The van der Waals surface area contributed by atoms with Gasteiger partial charge in [-0.2, -0.15) is 0 Å². The van der Waals surface area contributed by atoms with Crippen LogP contribution in [0.5, 0.6) is 5.75 Å². The molecule has 0 spiro atoms. The van der Waals surface area contributed by atoms with Crippen LogP contribution in [0.2, 0.25) is 5.02 Å². The molecule has 0 aliphatic carbocycles. The summed E-state index contributed by atoms with van der Waals surface area (Å²) < 4.78 is 29.8. The number of rotatable bonds is 6. The Hall–Kier alpha value is -0.780. The first-order valence-corrected chi connectivity index (χ1v) is 9.22. The van der Waals surface area contributed by atoms with E-state index >= 15 is 0 Å². The van der Waals surface area contributed by atoms with Gasteiger partial charge in [0, 0.05) is 31.2 Å². The first-order valence-electron chi connectivity index (χ1n) is 7.24. The van der Waals surface area contributed by atoms with Gasteiger partial charge in [-0.25, -0.2) is 12.7 Å². The zero-order valence-corrected chi connectivity index (χ0v) is 17.4. The van der Waals surface area contributed by atoms with Crippen LogP contribution in [-0.4, -0.2) is 51.2 Å². The molecule has 0 unspecified atom stereocenters. The van der Waals surface area contributed by atoms with Crippen molar-refractivity contribution in [2.75, 3.05) is 37.8 Å². The van der Waals surface area contributed by atoms with E-state index in [-0.39, 0.29) is 41.6 Å². The summed E-state index contributed by atoms with van der Waals surface area (Å²) in [6.07, 6.45) is 0. The van der Waals surface area contributed by atoms with E-state index in [4.69, 9.17) is 22.1 Å². The van der Waals surface area contributed by atoms with Crippen LogP contribution in [0.1, 0.15) is 6.92 Å². The fourth-order valence-electron chi connectivity index (χ4n) is 2.21. The van der Waals surface area contributed by atoms with Gasteiger partial charge in [-0.3, -0.25) is 4.99 Å². The third kappa shape index (κ3) is 5.36. The Morgan fingerprint density at radius 3 is 2.71 bits per heavy atom. The van der Waals surface area contributed by atoms with Crippen molar-refractivity contribution >= 4 is 57.2 Å². The number of hydrogen-bond acceptors (Lipinski definition) is 4. The van der Waals surface area contributed by atoms with Crippen molar-refractivity contribution in [3.05, 3.63) is 23.2 Å². The van der Waals surface area contributed by atoms with Gasteiger partial charge in [0.25, 0.3) is 0 Å². The summed E-state index contributed by atoms with van der Waals surface area (Å²) in [6, 6.07) is 5.21. The Morgan fingerprint density at radius 2 is 2.17 bits per heavy atom. The molecule has 3 N–H and O–H groups in total. The number of sulfonamides is 1. The minimum Gasteiger partial charge on any atom is -0.495 e. The first-order chi connectivity index (χ1) is 10.9. The molecule has 10 heteroatoms. The third-order valence-electron chi connectivity index (χ3n) is 3.63. The topological polar surface area (TPSA) is 97.0 Å². The summed E-state index contributed by atoms with van der Waals surface area (Å²) in [4.78, 5) is 4.24. The highest BCUT2D eigenvalue weighted by molar-refractivity contribution is 14.0. The molecular formula is C14H22ClIN4O3S. The van der Waals surface area contributed by atoms with Gasteiger partial charge < -0.3 is 15.8 Å². The molecule has 0 aromatic heterocycles. The van der Waals surface area contributed by atoms with E-state index in [0.717, 1.165) is 0 Å². The number of ether oxygens (including phenoxy) is 1. The van der Waals surface area contributed by atoms with E-state index in [1.54, 1.807) is 32.2 Å². The van der Waals surface area contributed by atoms with E-state index in [1.807, 2.05) is 0 Å². The minimum absolute atomic E-state index is 0. The number of hydrogen-bond donors (Lipinski definition) is 2. The molecule has 1 aliphatic rings. The fourth-order valence-corrected chi connectivity index (χ4v) is 3.71. The molecular weight excluding hydrogens is 467 g/mol. The summed E-state index contributed by atoms with van der Waals surface area (Å²) in [5.74, 6) is 1.18. The van der Waals surface area contributed by atoms with Crippen LogP contribution < -0.4 is 15.8 Å². The molecule has 1 aromatic rings. The van der Waals surface area contributed by atoms with Gasteiger partial charge in [-0.15, -0.1) is 24.0 Å². The van der Waals surface area contributed by atoms with Gasteiger partial charge in [0.15, 0.2) is 5.96 Å². The Labute approximate surface area is 164 Å². The summed E-state index contributed by atoms with van der Waals surface area (Å²) >= 11 is 6.04. The van der Waals surface area contributed by atoms with Crippen LogP contribution in [0.3, 0.4) is 0 Å². The van der Waals surface area contributed by atoms with Crippen molar-refractivity contribution in [2.45, 2.75) is 6.92 Å². The lowest BCUT2D eigenvalue weighted by Gasteiger charge is -2.37. The normalized spacial score (nSPS) is 16.2. The first kappa shape index (κ1) is 21.3. The van der Waals surface area contributed by atoms with Crippen LogP contribution in [0, 0.1) is 5.92 Å². The van der Waals surface area contributed by atoms with E-state index in [0.29, 0.717) is 36.1 Å². The lowest BCUT2D eigenvalue weighted by molar-refractivity contribution is 0.208. The molecule has 0 radical (unpaired) electrons. The van der Waals surface area contributed by atoms with Crippen molar-refractivity contribution in [1.82, 2.24) is 4.31 Å². The molecule has 1 saturated heterocycles. The summed E-state index contributed by atoms with van der Waals surface area (Å²) in [5, 5.41) is 3.42. The van der Waals surface area contributed by atoms with E-state index in [1.165, 1.54) is 4.31 Å². The number of nitrogens with one attached hydrogen (secondary N) is 1. The van der Waals surface area contributed by atoms with E-state index in [2.05, 4.69) is 10.3 Å².